The van der Waals surface area contributed by atoms with E-state index in [1.807, 2.05) is 27.2 Å². The highest BCUT2D eigenvalue weighted by molar-refractivity contribution is 7.45. The van der Waals surface area contributed by atoms with Gasteiger partial charge in [0.05, 0.1) is 39.9 Å². The van der Waals surface area contributed by atoms with Crippen molar-refractivity contribution in [3.8, 4) is 0 Å². The lowest BCUT2D eigenvalue weighted by Crippen LogP contribution is -2.45. The molecule has 8 nitrogen and oxygen atoms in total. The molecule has 2 N–H and O–H groups in total. The van der Waals surface area contributed by atoms with Crippen LogP contribution in [0.1, 0.15) is 335 Å². The molecular formula is C67H131N2O6P. The zero-order valence-corrected chi connectivity index (χ0v) is 52.4. The Bertz CT molecular complexity index is 1330. The number of aliphatic hydroxyl groups excluding tert-OH is 1. The number of amides is 1. The number of quaternary nitrogens is 1. The van der Waals surface area contributed by atoms with E-state index in [9.17, 15) is 19.4 Å². The van der Waals surface area contributed by atoms with Crippen molar-refractivity contribution >= 4 is 13.7 Å². The van der Waals surface area contributed by atoms with Crippen molar-refractivity contribution in [2.24, 2.45) is 0 Å². The molecular weight excluding hydrogens is 960 g/mol. The van der Waals surface area contributed by atoms with Crippen LogP contribution < -0.4 is 10.2 Å². The molecule has 0 aromatic rings. The standard InChI is InChI=1S/C67H131N2O6P/c1-6-8-10-12-14-16-18-20-22-24-26-28-29-30-31-32-33-34-35-36-37-38-39-41-43-45-47-49-51-53-55-57-59-61-67(71)68-65(64-75-76(72,73)74-63-62-69(3,4)5)66(70)60-58-56-54-52-50-48-46-44-42-40-27-25-23-21-19-17-15-13-11-9-7-2/h30-31,50,52,58,60,65-66,70H,6-29,32-49,51,53-57,59,61-64H2,1-5H3,(H-,68,71,72,73)/b31-30-,52-50+,60-58+. The van der Waals surface area contributed by atoms with Crippen molar-refractivity contribution in [3.63, 3.8) is 0 Å². The van der Waals surface area contributed by atoms with E-state index in [-0.39, 0.29) is 19.1 Å². The molecule has 9 heteroatoms. The van der Waals surface area contributed by atoms with E-state index in [0.717, 1.165) is 38.5 Å². The lowest BCUT2D eigenvalue weighted by atomic mass is 10.0. The van der Waals surface area contributed by atoms with E-state index >= 15 is 0 Å². The number of carbonyl (C=O) groups is 1. The van der Waals surface area contributed by atoms with Crippen LogP contribution in [-0.2, 0) is 18.4 Å². The molecule has 0 aromatic heterocycles. The molecule has 0 saturated carbocycles. The second kappa shape index (κ2) is 58.4. The summed E-state index contributed by atoms with van der Waals surface area (Å²) in [5.74, 6) is -0.201. The van der Waals surface area contributed by atoms with Gasteiger partial charge in [-0.3, -0.25) is 9.36 Å². The Hall–Kier alpha value is -1.28. The van der Waals surface area contributed by atoms with Gasteiger partial charge in [-0.15, -0.1) is 0 Å². The Balaban J connectivity index is 4.06. The number of hydrogen-bond donors (Lipinski definition) is 2. The number of aliphatic hydroxyl groups is 1. The van der Waals surface area contributed by atoms with Crippen molar-refractivity contribution in [1.82, 2.24) is 5.32 Å². The molecule has 3 unspecified atom stereocenters. The summed E-state index contributed by atoms with van der Waals surface area (Å²) < 4.78 is 23.4. The van der Waals surface area contributed by atoms with Crippen molar-refractivity contribution in [1.29, 1.82) is 0 Å². The molecule has 0 aromatic carbocycles. The third-order valence-electron chi connectivity index (χ3n) is 15.3. The molecule has 76 heavy (non-hydrogen) atoms. The lowest BCUT2D eigenvalue weighted by Gasteiger charge is -2.29. The normalized spacial score (nSPS) is 13.9. The second-order valence-electron chi connectivity index (χ2n) is 24.2. The number of allylic oxidation sites excluding steroid dienone is 5. The topological polar surface area (TPSA) is 108 Å². The quantitative estimate of drug-likeness (QED) is 0.0272. The van der Waals surface area contributed by atoms with Crippen molar-refractivity contribution in [3.05, 3.63) is 36.5 Å². The molecule has 0 bridgehead atoms. The van der Waals surface area contributed by atoms with Gasteiger partial charge in [-0.1, -0.05) is 307 Å². The van der Waals surface area contributed by atoms with Crippen LogP contribution in [0, 0.1) is 0 Å². The van der Waals surface area contributed by atoms with Gasteiger partial charge in [0.1, 0.15) is 13.2 Å². The van der Waals surface area contributed by atoms with Gasteiger partial charge in [-0.05, 0) is 57.8 Å². The molecule has 450 valence electrons. The third kappa shape index (κ3) is 60.4. The van der Waals surface area contributed by atoms with Gasteiger partial charge in [0, 0.05) is 6.42 Å². The Labute approximate surface area is 474 Å². The molecule has 0 rings (SSSR count). The maximum atomic E-state index is 13.0. The van der Waals surface area contributed by atoms with Crippen LogP contribution in [-0.4, -0.2) is 68.5 Å². The van der Waals surface area contributed by atoms with Crippen molar-refractivity contribution in [2.45, 2.75) is 347 Å². The average Bonchev–Trinajstić information content (AvgIpc) is 3.38. The molecule has 0 aliphatic carbocycles. The van der Waals surface area contributed by atoms with E-state index in [4.69, 9.17) is 9.05 Å². The SMILES string of the molecule is CCCCCCCCCCCCCC/C=C\CCCCCCCCCCCCCCCCCCCC(=O)NC(COP(=O)([O-])OCC[N+](C)(C)C)C(O)/C=C/CC/C=C/CCCCCCCCCCCCCCCCC. The molecule has 0 heterocycles. The summed E-state index contributed by atoms with van der Waals surface area (Å²) in [5, 5.41) is 13.9. The average molecular weight is 1090 g/mol. The molecule has 0 aliphatic heterocycles. The van der Waals surface area contributed by atoms with Gasteiger partial charge in [-0.25, -0.2) is 0 Å². The van der Waals surface area contributed by atoms with E-state index in [1.165, 1.54) is 276 Å². The first kappa shape index (κ1) is 74.7. The Morgan fingerprint density at radius 2 is 0.737 bits per heavy atom. The first-order chi connectivity index (χ1) is 37.0. The molecule has 0 aliphatic rings. The molecule has 0 saturated heterocycles. The third-order valence-corrected chi connectivity index (χ3v) is 16.3. The summed E-state index contributed by atoms with van der Waals surface area (Å²) in [4.78, 5) is 25.6. The number of nitrogens with one attached hydrogen (secondary N) is 1. The maximum absolute atomic E-state index is 13.0. The van der Waals surface area contributed by atoms with Crippen LogP contribution in [0.5, 0.6) is 0 Å². The molecule has 0 spiro atoms. The molecule has 0 radical (unpaired) electrons. The van der Waals surface area contributed by atoms with Crippen LogP contribution in [0.2, 0.25) is 0 Å². The number of likely N-dealkylation sites (N-methyl/N-ethyl adjacent to an activating group) is 1. The van der Waals surface area contributed by atoms with Gasteiger partial charge in [-0.2, -0.15) is 0 Å². The molecule has 3 atom stereocenters. The monoisotopic (exact) mass is 1090 g/mol. The highest BCUT2D eigenvalue weighted by Gasteiger charge is 2.23. The summed E-state index contributed by atoms with van der Waals surface area (Å²) in [6.07, 6.45) is 76.9. The smallest absolute Gasteiger partial charge is 0.268 e. The van der Waals surface area contributed by atoms with Gasteiger partial charge in [0.2, 0.25) is 5.91 Å². The minimum Gasteiger partial charge on any atom is -0.756 e. The Morgan fingerprint density at radius 3 is 1.07 bits per heavy atom. The van der Waals surface area contributed by atoms with E-state index in [0.29, 0.717) is 17.4 Å². The number of phosphoric ester groups is 1. The van der Waals surface area contributed by atoms with Crippen molar-refractivity contribution < 1.29 is 32.9 Å². The highest BCUT2D eigenvalue weighted by atomic mass is 31.2. The van der Waals surface area contributed by atoms with E-state index in [2.05, 4.69) is 43.5 Å². The lowest BCUT2D eigenvalue weighted by molar-refractivity contribution is -0.870. The summed E-state index contributed by atoms with van der Waals surface area (Å²) in [6.45, 7) is 4.68. The van der Waals surface area contributed by atoms with Crippen LogP contribution in [0.15, 0.2) is 36.5 Å². The Kier molecular flexibility index (Phi) is 57.4. The van der Waals surface area contributed by atoms with Crippen LogP contribution in [0.3, 0.4) is 0 Å². The van der Waals surface area contributed by atoms with Gasteiger partial charge in [0.25, 0.3) is 7.82 Å². The fraction of sp³-hybridized carbons (Fsp3) is 0.896. The summed E-state index contributed by atoms with van der Waals surface area (Å²) in [5.41, 5.74) is 0. The van der Waals surface area contributed by atoms with E-state index < -0.39 is 20.0 Å². The van der Waals surface area contributed by atoms with Gasteiger partial charge in [0.15, 0.2) is 0 Å². The number of carbonyl (C=O) groups excluding carboxylic acids is 1. The highest BCUT2D eigenvalue weighted by Crippen LogP contribution is 2.38. The van der Waals surface area contributed by atoms with Crippen LogP contribution in [0.4, 0.5) is 0 Å². The zero-order chi connectivity index (χ0) is 55.6. The maximum Gasteiger partial charge on any atom is 0.268 e. The van der Waals surface area contributed by atoms with Crippen LogP contribution >= 0.6 is 7.82 Å². The van der Waals surface area contributed by atoms with Gasteiger partial charge < -0.3 is 28.8 Å². The van der Waals surface area contributed by atoms with Crippen LogP contribution in [0.25, 0.3) is 0 Å². The summed E-state index contributed by atoms with van der Waals surface area (Å²) in [6, 6.07) is -0.903. The summed E-state index contributed by atoms with van der Waals surface area (Å²) in [7, 11) is 1.26. The second-order valence-corrected chi connectivity index (χ2v) is 25.6. The number of nitrogens with zero attached hydrogens (tertiary/aromatic N) is 1. The number of unbranched alkanes of at least 4 members (excludes halogenated alkanes) is 45. The Morgan fingerprint density at radius 1 is 0.447 bits per heavy atom. The first-order valence-corrected chi connectivity index (χ1v) is 34.8. The largest absolute Gasteiger partial charge is 0.756 e. The zero-order valence-electron chi connectivity index (χ0n) is 51.5. The molecule has 1 amide bonds. The first-order valence-electron chi connectivity index (χ1n) is 33.4. The summed E-state index contributed by atoms with van der Waals surface area (Å²) >= 11 is 0. The fourth-order valence-corrected chi connectivity index (χ4v) is 10.8. The predicted octanol–water partition coefficient (Wildman–Crippen LogP) is 20.3. The minimum atomic E-state index is -4.61. The number of rotatable bonds is 62. The number of hydrogen-bond acceptors (Lipinski definition) is 6. The predicted molar refractivity (Wildman–Crippen MR) is 330 cm³/mol. The molecule has 0 fully saturated rings. The van der Waals surface area contributed by atoms with Gasteiger partial charge >= 0.3 is 0 Å². The van der Waals surface area contributed by atoms with E-state index in [1.54, 1.807) is 6.08 Å². The number of phosphoric acid groups is 1. The fourth-order valence-electron chi connectivity index (χ4n) is 10.1. The minimum absolute atomic E-state index is 0.00476. The van der Waals surface area contributed by atoms with Crippen molar-refractivity contribution in [2.75, 3.05) is 40.9 Å².